The number of benzene rings is 1. The van der Waals surface area contributed by atoms with Crippen LogP contribution in [0.3, 0.4) is 0 Å². The average Bonchev–Trinajstić information content (AvgIpc) is 3.49. The zero-order valence-corrected chi connectivity index (χ0v) is 20.1. The zero-order valence-electron chi connectivity index (χ0n) is 19.2. The first kappa shape index (κ1) is 26.2. The van der Waals surface area contributed by atoms with Crippen molar-refractivity contribution < 1.29 is 28.5 Å². The van der Waals surface area contributed by atoms with E-state index in [0.29, 0.717) is 56.6 Å². The fourth-order valence-electron chi connectivity index (χ4n) is 3.21. The number of ether oxygens (including phenoxy) is 4. The van der Waals surface area contributed by atoms with E-state index in [1.165, 1.54) is 11.3 Å². The van der Waals surface area contributed by atoms with E-state index in [9.17, 15) is 9.59 Å². The molecule has 186 valence electrons. The second kappa shape index (κ2) is 14.1. The predicted octanol–water partition coefficient (Wildman–Crippen LogP) is 2.50. The second-order valence-electron chi connectivity index (χ2n) is 7.36. The molecule has 35 heavy (non-hydrogen) atoms. The maximum Gasteiger partial charge on any atom is 0.404 e. The van der Waals surface area contributed by atoms with Crippen LogP contribution >= 0.6 is 11.3 Å². The summed E-state index contributed by atoms with van der Waals surface area (Å²) in [5, 5.41) is 13.1. The number of hydrogen-bond donors (Lipinski definition) is 2. The van der Waals surface area contributed by atoms with Crippen molar-refractivity contribution in [2.24, 2.45) is 5.73 Å². The lowest BCUT2D eigenvalue weighted by atomic mass is 10.2. The molecule has 0 bridgehead atoms. The van der Waals surface area contributed by atoms with Crippen molar-refractivity contribution in [1.82, 2.24) is 9.88 Å². The summed E-state index contributed by atoms with van der Waals surface area (Å²) < 4.78 is 22.6. The Hall–Kier alpha value is -3.43. The molecule has 0 saturated carbocycles. The summed E-state index contributed by atoms with van der Waals surface area (Å²) in [6.45, 7) is 3.38. The third kappa shape index (κ3) is 8.70. The maximum atomic E-state index is 12.4. The number of carbonyl (C=O) groups excluding carboxylic acids is 2. The number of aromatic nitrogens is 1. The molecule has 11 heteroatoms. The number of rotatable bonds is 15. The normalized spacial score (nSPS) is 10.8. The minimum Gasteiger partial charge on any atom is -0.447 e. The second-order valence-corrected chi connectivity index (χ2v) is 8.52. The Kier molecular flexibility index (Phi) is 10.5. The van der Waals surface area contributed by atoms with Gasteiger partial charge in [0.15, 0.2) is 0 Å². The van der Waals surface area contributed by atoms with E-state index in [2.05, 4.69) is 20.7 Å². The standard InChI is InChI=1S/C24H28N4O6S/c25-16-18-1-2-19-5-7-28(21(19)15-18)17-20-3-4-22(35-20)23(29)27-6-8-31-9-10-32-11-12-33-13-14-34-24(26)30/h1-5,7,15H,6,8-14,17H2,(H2,26,30)(H,27,29). The number of primary amides is 1. The van der Waals surface area contributed by atoms with E-state index in [0.717, 1.165) is 15.8 Å². The summed E-state index contributed by atoms with van der Waals surface area (Å²) >= 11 is 1.44. The number of hydrogen-bond acceptors (Lipinski definition) is 8. The van der Waals surface area contributed by atoms with E-state index < -0.39 is 6.09 Å². The zero-order chi connectivity index (χ0) is 24.9. The number of fused-ring (bicyclic) bond motifs is 1. The smallest absolute Gasteiger partial charge is 0.404 e. The van der Waals surface area contributed by atoms with Crippen LogP contribution in [-0.4, -0.2) is 69.4 Å². The van der Waals surface area contributed by atoms with E-state index in [-0.39, 0.29) is 19.1 Å². The molecule has 0 spiro atoms. The van der Waals surface area contributed by atoms with E-state index in [1.807, 2.05) is 36.5 Å². The van der Waals surface area contributed by atoms with Gasteiger partial charge in [-0.2, -0.15) is 5.26 Å². The topological polar surface area (TPSA) is 138 Å². The summed E-state index contributed by atoms with van der Waals surface area (Å²) in [5.41, 5.74) is 6.44. The Balaban J connectivity index is 1.27. The number of nitrogens with one attached hydrogen (secondary N) is 1. The van der Waals surface area contributed by atoms with Crippen LogP contribution in [0.4, 0.5) is 4.79 Å². The molecule has 0 aliphatic heterocycles. The summed E-state index contributed by atoms with van der Waals surface area (Å²) in [4.78, 5) is 24.5. The number of amides is 2. The van der Waals surface area contributed by atoms with Crippen LogP contribution in [0.5, 0.6) is 0 Å². The molecule has 2 amide bonds. The molecule has 3 aromatic rings. The third-order valence-electron chi connectivity index (χ3n) is 4.86. The average molecular weight is 501 g/mol. The quantitative estimate of drug-likeness (QED) is 0.306. The van der Waals surface area contributed by atoms with Crippen LogP contribution in [0.25, 0.3) is 10.9 Å². The summed E-state index contributed by atoms with van der Waals surface area (Å²) in [6.07, 6.45) is 1.16. The van der Waals surface area contributed by atoms with E-state index >= 15 is 0 Å². The van der Waals surface area contributed by atoms with Crippen molar-refractivity contribution >= 4 is 34.2 Å². The van der Waals surface area contributed by atoms with Crippen molar-refractivity contribution in [1.29, 1.82) is 5.26 Å². The molecule has 0 fully saturated rings. The van der Waals surface area contributed by atoms with Gasteiger partial charge >= 0.3 is 6.09 Å². The Labute approximate surface area is 207 Å². The van der Waals surface area contributed by atoms with Gasteiger partial charge in [0.1, 0.15) is 6.61 Å². The predicted molar refractivity (Wildman–Crippen MR) is 130 cm³/mol. The fraction of sp³-hybridized carbons (Fsp3) is 0.375. The van der Waals surface area contributed by atoms with Crippen molar-refractivity contribution in [3.05, 3.63) is 57.9 Å². The molecule has 1 aromatic carbocycles. The van der Waals surface area contributed by atoms with Gasteiger partial charge in [0.05, 0.1) is 62.7 Å². The molecule has 0 aliphatic carbocycles. The first-order valence-electron chi connectivity index (χ1n) is 11.1. The largest absolute Gasteiger partial charge is 0.447 e. The first-order valence-corrected chi connectivity index (χ1v) is 11.9. The SMILES string of the molecule is N#Cc1ccc2ccn(Cc3ccc(C(=O)NCCOCCOCCOCCOC(N)=O)s3)c2c1. The highest BCUT2D eigenvalue weighted by Gasteiger charge is 2.10. The van der Waals surface area contributed by atoms with Crippen LogP contribution in [0.15, 0.2) is 42.6 Å². The molecule has 2 aromatic heterocycles. The van der Waals surface area contributed by atoms with Crippen LogP contribution in [-0.2, 0) is 25.5 Å². The summed E-state index contributed by atoms with van der Waals surface area (Å²) in [5.74, 6) is -0.136. The molecule has 3 rings (SSSR count). The van der Waals surface area contributed by atoms with Crippen molar-refractivity contribution in [3.8, 4) is 6.07 Å². The lowest BCUT2D eigenvalue weighted by Crippen LogP contribution is -2.27. The van der Waals surface area contributed by atoms with E-state index in [4.69, 9.17) is 25.2 Å². The molecular weight excluding hydrogens is 472 g/mol. The van der Waals surface area contributed by atoms with Gasteiger partial charge in [-0.05, 0) is 35.7 Å². The van der Waals surface area contributed by atoms with Gasteiger partial charge < -0.3 is 34.6 Å². The summed E-state index contributed by atoms with van der Waals surface area (Å²) in [7, 11) is 0. The number of nitriles is 1. The molecule has 10 nitrogen and oxygen atoms in total. The number of thiophene rings is 1. The van der Waals surface area contributed by atoms with Crippen LogP contribution in [0.2, 0.25) is 0 Å². The molecular formula is C24H28N4O6S. The minimum atomic E-state index is -0.823. The van der Waals surface area contributed by atoms with Gasteiger partial charge in [-0.25, -0.2) is 4.79 Å². The van der Waals surface area contributed by atoms with Gasteiger partial charge in [0.25, 0.3) is 5.91 Å². The highest BCUT2D eigenvalue weighted by atomic mass is 32.1. The number of carbonyl (C=O) groups is 2. The minimum absolute atomic E-state index is 0.116. The number of nitrogens with zero attached hydrogens (tertiary/aromatic N) is 2. The van der Waals surface area contributed by atoms with Gasteiger partial charge in [0.2, 0.25) is 0 Å². The van der Waals surface area contributed by atoms with Crippen molar-refractivity contribution in [3.63, 3.8) is 0 Å². The third-order valence-corrected chi connectivity index (χ3v) is 5.93. The van der Waals surface area contributed by atoms with E-state index in [1.54, 1.807) is 6.07 Å². The Morgan fingerprint density at radius 2 is 1.69 bits per heavy atom. The monoisotopic (exact) mass is 500 g/mol. The van der Waals surface area contributed by atoms with Gasteiger partial charge in [0, 0.05) is 23.1 Å². The Morgan fingerprint density at radius 1 is 0.971 bits per heavy atom. The summed E-state index contributed by atoms with van der Waals surface area (Å²) in [6, 6.07) is 13.6. The van der Waals surface area contributed by atoms with Gasteiger partial charge in [-0.3, -0.25) is 4.79 Å². The maximum absolute atomic E-state index is 12.4. The molecule has 0 saturated heterocycles. The molecule has 0 atom stereocenters. The lowest BCUT2D eigenvalue weighted by molar-refractivity contribution is 0.00673. The molecule has 0 radical (unpaired) electrons. The molecule has 3 N–H and O–H groups in total. The number of nitrogens with two attached hydrogens (primary N) is 1. The van der Waals surface area contributed by atoms with Crippen LogP contribution in [0.1, 0.15) is 20.1 Å². The van der Waals surface area contributed by atoms with Crippen LogP contribution in [0, 0.1) is 11.3 Å². The van der Waals surface area contributed by atoms with Gasteiger partial charge in [-0.15, -0.1) is 11.3 Å². The Bertz CT molecular complexity index is 1150. The van der Waals surface area contributed by atoms with Crippen molar-refractivity contribution in [2.75, 3.05) is 52.8 Å². The Morgan fingerprint density at radius 3 is 2.40 bits per heavy atom. The highest BCUT2D eigenvalue weighted by Crippen LogP contribution is 2.22. The molecule has 0 unspecified atom stereocenters. The van der Waals surface area contributed by atoms with Gasteiger partial charge in [-0.1, -0.05) is 6.07 Å². The lowest BCUT2D eigenvalue weighted by Gasteiger charge is -2.07. The molecule has 2 heterocycles. The van der Waals surface area contributed by atoms with Crippen LogP contribution < -0.4 is 11.1 Å². The first-order chi connectivity index (χ1) is 17.1. The fourth-order valence-corrected chi connectivity index (χ4v) is 4.13. The highest BCUT2D eigenvalue weighted by molar-refractivity contribution is 7.14. The molecule has 0 aliphatic rings. The van der Waals surface area contributed by atoms with Crippen molar-refractivity contribution in [2.45, 2.75) is 6.54 Å².